The normalized spacial score (nSPS) is 18.8. The molecule has 1 saturated heterocycles. The monoisotopic (exact) mass is 291 g/mol. The minimum atomic E-state index is -0.510. The van der Waals surface area contributed by atoms with Gasteiger partial charge in [0, 0.05) is 12.8 Å². The SMILES string of the molecule is O=c1onc(-c2ccccn2)n1CCOC1CCCCO1. The van der Waals surface area contributed by atoms with Gasteiger partial charge in [-0.05, 0) is 31.4 Å². The molecule has 2 aromatic rings. The van der Waals surface area contributed by atoms with E-state index < -0.39 is 5.76 Å². The number of aromatic nitrogens is 3. The van der Waals surface area contributed by atoms with Crippen LogP contribution in [0.3, 0.4) is 0 Å². The molecule has 0 aromatic carbocycles. The molecule has 2 aromatic heterocycles. The Morgan fingerprint density at radius 1 is 1.38 bits per heavy atom. The van der Waals surface area contributed by atoms with Crippen molar-refractivity contribution >= 4 is 0 Å². The number of nitrogens with zero attached hydrogens (tertiary/aromatic N) is 3. The molecule has 0 bridgehead atoms. The number of ether oxygens (including phenoxy) is 2. The molecule has 0 aliphatic carbocycles. The molecule has 3 heterocycles. The lowest BCUT2D eigenvalue weighted by molar-refractivity contribution is -0.163. The molecule has 1 aliphatic heterocycles. The summed E-state index contributed by atoms with van der Waals surface area (Å²) in [6.07, 6.45) is 4.55. The molecule has 1 atom stereocenters. The van der Waals surface area contributed by atoms with Gasteiger partial charge in [-0.2, -0.15) is 0 Å². The zero-order chi connectivity index (χ0) is 14.5. The smallest absolute Gasteiger partial charge is 0.353 e. The van der Waals surface area contributed by atoms with E-state index in [1.807, 2.05) is 6.07 Å². The predicted octanol–water partition coefficient (Wildman–Crippen LogP) is 1.44. The van der Waals surface area contributed by atoms with Crippen LogP contribution in [0.4, 0.5) is 0 Å². The molecule has 1 fully saturated rings. The Balaban J connectivity index is 1.65. The molecule has 112 valence electrons. The van der Waals surface area contributed by atoms with Crippen LogP contribution in [0.5, 0.6) is 0 Å². The van der Waals surface area contributed by atoms with E-state index in [0.29, 0.717) is 24.7 Å². The number of pyridine rings is 1. The Morgan fingerprint density at radius 3 is 3.10 bits per heavy atom. The molecule has 7 nitrogen and oxygen atoms in total. The third-order valence-electron chi connectivity index (χ3n) is 3.34. The van der Waals surface area contributed by atoms with Gasteiger partial charge in [-0.25, -0.2) is 4.79 Å². The Labute approximate surface area is 121 Å². The van der Waals surface area contributed by atoms with E-state index in [4.69, 9.17) is 14.0 Å². The molecular formula is C14H17N3O4. The highest BCUT2D eigenvalue weighted by atomic mass is 16.7. The molecule has 0 saturated carbocycles. The van der Waals surface area contributed by atoms with Crippen LogP contribution in [0.25, 0.3) is 11.5 Å². The zero-order valence-corrected chi connectivity index (χ0v) is 11.6. The average molecular weight is 291 g/mol. The highest BCUT2D eigenvalue weighted by Gasteiger charge is 2.16. The largest absolute Gasteiger partial charge is 0.441 e. The fourth-order valence-electron chi connectivity index (χ4n) is 2.26. The first-order valence-corrected chi connectivity index (χ1v) is 7.06. The van der Waals surface area contributed by atoms with Gasteiger partial charge < -0.3 is 9.47 Å². The van der Waals surface area contributed by atoms with Gasteiger partial charge in [0.1, 0.15) is 5.69 Å². The quantitative estimate of drug-likeness (QED) is 0.829. The second kappa shape index (κ2) is 6.64. The molecule has 0 N–H and O–H groups in total. The summed E-state index contributed by atoms with van der Waals surface area (Å²) in [6, 6.07) is 5.41. The molecule has 1 unspecified atom stereocenters. The van der Waals surface area contributed by atoms with E-state index in [2.05, 4.69) is 10.1 Å². The average Bonchev–Trinajstić information content (AvgIpc) is 2.91. The van der Waals surface area contributed by atoms with E-state index in [0.717, 1.165) is 25.9 Å². The summed E-state index contributed by atoms with van der Waals surface area (Å²) in [7, 11) is 0. The fourth-order valence-corrected chi connectivity index (χ4v) is 2.26. The van der Waals surface area contributed by atoms with E-state index in [1.54, 1.807) is 18.3 Å². The third-order valence-corrected chi connectivity index (χ3v) is 3.34. The molecule has 3 rings (SSSR count). The van der Waals surface area contributed by atoms with Gasteiger partial charge >= 0.3 is 5.76 Å². The van der Waals surface area contributed by atoms with Crippen LogP contribution in [0.15, 0.2) is 33.7 Å². The minimum Gasteiger partial charge on any atom is -0.353 e. The number of hydrogen-bond acceptors (Lipinski definition) is 6. The highest BCUT2D eigenvalue weighted by molar-refractivity contribution is 5.47. The number of rotatable bonds is 5. The summed E-state index contributed by atoms with van der Waals surface area (Å²) in [5.74, 6) is -0.0995. The van der Waals surface area contributed by atoms with Crippen LogP contribution in [0.1, 0.15) is 19.3 Å². The maximum atomic E-state index is 11.7. The third kappa shape index (κ3) is 3.37. The lowest BCUT2D eigenvalue weighted by atomic mass is 10.2. The molecule has 1 aliphatic rings. The van der Waals surface area contributed by atoms with Crippen LogP contribution in [-0.4, -0.2) is 34.2 Å². The topological polar surface area (TPSA) is 79.4 Å². The fraction of sp³-hybridized carbons (Fsp3) is 0.500. The van der Waals surface area contributed by atoms with Crippen LogP contribution >= 0.6 is 0 Å². The van der Waals surface area contributed by atoms with E-state index >= 15 is 0 Å². The maximum Gasteiger partial charge on any atom is 0.441 e. The van der Waals surface area contributed by atoms with E-state index in [9.17, 15) is 4.79 Å². The van der Waals surface area contributed by atoms with Crippen molar-refractivity contribution in [1.82, 2.24) is 14.7 Å². The van der Waals surface area contributed by atoms with Crippen LogP contribution < -0.4 is 5.76 Å². The van der Waals surface area contributed by atoms with Crippen molar-refractivity contribution in [3.8, 4) is 11.5 Å². The Kier molecular flexibility index (Phi) is 4.42. The van der Waals surface area contributed by atoms with Gasteiger partial charge in [0.2, 0.25) is 5.82 Å². The summed E-state index contributed by atoms with van der Waals surface area (Å²) < 4.78 is 17.3. The maximum absolute atomic E-state index is 11.7. The summed E-state index contributed by atoms with van der Waals surface area (Å²) in [4.78, 5) is 15.9. The van der Waals surface area contributed by atoms with E-state index in [-0.39, 0.29) is 6.29 Å². The minimum absolute atomic E-state index is 0.174. The molecule has 0 radical (unpaired) electrons. The summed E-state index contributed by atoms with van der Waals surface area (Å²) in [5.41, 5.74) is 0.595. The first kappa shape index (κ1) is 14.0. The van der Waals surface area contributed by atoms with Crippen molar-refractivity contribution in [2.24, 2.45) is 0 Å². The highest BCUT2D eigenvalue weighted by Crippen LogP contribution is 2.15. The molecule has 0 spiro atoms. The van der Waals surface area contributed by atoms with Crippen molar-refractivity contribution in [1.29, 1.82) is 0 Å². The Hall–Kier alpha value is -1.99. The van der Waals surface area contributed by atoms with Crippen molar-refractivity contribution in [2.45, 2.75) is 32.1 Å². The van der Waals surface area contributed by atoms with Gasteiger partial charge in [-0.3, -0.25) is 14.1 Å². The Bertz CT molecular complexity index is 617. The second-order valence-electron chi connectivity index (χ2n) is 4.81. The Morgan fingerprint density at radius 2 is 2.33 bits per heavy atom. The van der Waals surface area contributed by atoms with Gasteiger partial charge in [-0.1, -0.05) is 11.2 Å². The molecular weight excluding hydrogens is 274 g/mol. The van der Waals surface area contributed by atoms with Crippen LogP contribution in [0.2, 0.25) is 0 Å². The van der Waals surface area contributed by atoms with Gasteiger partial charge in [-0.15, -0.1) is 0 Å². The molecule has 21 heavy (non-hydrogen) atoms. The molecule has 7 heteroatoms. The number of hydrogen-bond donors (Lipinski definition) is 0. The lowest BCUT2D eigenvalue weighted by Crippen LogP contribution is -2.26. The van der Waals surface area contributed by atoms with Crippen molar-refractivity contribution in [2.75, 3.05) is 13.2 Å². The van der Waals surface area contributed by atoms with Crippen molar-refractivity contribution in [3.05, 3.63) is 34.9 Å². The summed E-state index contributed by atoms with van der Waals surface area (Å²) >= 11 is 0. The van der Waals surface area contributed by atoms with Crippen molar-refractivity contribution in [3.63, 3.8) is 0 Å². The predicted molar refractivity (Wildman–Crippen MR) is 73.5 cm³/mol. The molecule has 0 amide bonds. The van der Waals surface area contributed by atoms with Gasteiger partial charge in [0.25, 0.3) is 0 Å². The standard InChI is InChI=1S/C14H17N3O4/c18-14-17(8-10-20-12-6-2-4-9-19-12)13(16-21-14)11-5-1-3-7-15-11/h1,3,5,7,12H,2,4,6,8-10H2. The van der Waals surface area contributed by atoms with Gasteiger partial charge in [0.05, 0.1) is 13.2 Å². The summed E-state index contributed by atoms with van der Waals surface area (Å²) in [6.45, 7) is 1.46. The van der Waals surface area contributed by atoms with Crippen LogP contribution in [-0.2, 0) is 16.0 Å². The second-order valence-corrected chi connectivity index (χ2v) is 4.81. The first-order chi connectivity index (χ1) is 10.3. The van der Waals surface area contributed by atoms with Crippen molar-refractivity contribution < 1.29 is 14.0 Å². The van der Waals surface area contributed by atoms with Gasteiger partial charge in [0.15, 0.2) is 6.29 Å². The van der Waals surface area contributed by atoms with Crippen LogP contribution in [0, 0.1) is 0 Å². The summed E-state index contributed by atoms with van der Waals surface area (Å²) in [5, 5.41) is 3.78. The van der Waals surface area contributed by atoms with E-state index in [1.165, 1.54) is 4.57 Å². The zero-order valence-electron chi connectivity index (χ0n) is 11.6. The first-order valence-electron chi connectivity index (χ1n) is 7.06. The lowest BCUT2D eigenvalue weighted by Gasteiger charge is -2.22.